The third-order valence-electron chi connectivity index (χ3n) is 4.42. The molecule has 2 heteroatoms. The van der Waals surface area contributed by atoms with Crippen LogP contribution in [0.2, 0.25) is 0 Å². The van der Waals surface area contributed by atoms with Crippen molar-refractivity contribution >= 4 is 0 Å². The van der Waals surface area contributed by atoms with Crippen molar-refractivity contribution in [2.45, 2.75) is 76.3 Å². The minimum Gasteiger partial charge on any atom is -0.378 e. The van der Waals surface area contributed by atoms with Crippen LogP contribution >= 0.6 is 0 Å². The van der Waals surface area contributed by atoms with Gasteiger partial charge < -0.3 is 10.1 Å². The van der Waals surface area contributed by atoms with E-state index in [1.54, 1.807) is 5.57 Å². The van der Waals surface area contributed by atoms with E-state index in [-0.39, 0.29) is 0 Å². The summed E-state index contributed by atoms with van der Waals surface area (Å²) in [4.78, 5) is 0. The van der Waals surface area contributed by atoms with Gasteiger partial charge in [-0.1, -0.05) is 49.8 Å². The molecule has 2 aliphatic rings. The molecule has 0 spiro atoms. The fourth-order valence-corrected chi connectivity index (χ4v) is 3.33. The largest absolute Gasteiger partial charge is 0.378 e. The van der Waals surface area contributed by atoms with E-state index in [0.29, 0.717) is 12.1 Å². The smallest absolute Gasteiger partial charge is 0.0656 e. The van der Waals surface area contributed by atoms with E-state index >= 15 is 0 Å². The van der Waals surface area contributed by atoms with Crippen molar-refractivity contribution in [3.8, 4) is 0 Å². The molecular formula is C18H31NO. The molecule has 1 saturated heterocycles. The Balaban J connectivity index is 1.47. The van der Waals surface area contributed by atoms with Gasteiger partial charge in [0.1, 0.15) is 0 Å². The Bertz CT molecular complexity index is 311. The van der Waals surface area contributed by atoms with Crippen molar-refractivity contribution in [1.82, 2.24) is 5.32 Å². The zero-order valence-corrected chi connectivity index (χ0v) is 12.9. The van der Waals surface area contributed by atoms with E-state index < -0.39 is 0 Å². The maximum absolute atomic E-state index is 5.57. The van der Waals surface area contributed by atoms with Gasteiger partial charge in [0.2, 0.25) is 0 Å². The third-order valence-corrected chi connectivity index (χ3v) is 4.42. The second kappa shape index (κ2) is 9.36. The number of hydrogen-bond acceptors (Lipinski definition) is 2. The quantitative estimate of drug-likeness (QED) is 0.473. The summed E-state index contributed by atoms with van der Waals surface area (Å²) in [5.74, 6) is 0. The monoisotopic (exact) mass is 277 g/mol. The van der Waals surface area contributed by atoms with Crippen molar-refractivity contribution < 1.29 is 4.74 Å². The number of unbranched alkanes of at least 4 members (excludes halogenated alkanes) is 7. The van der Waals surface area contributed by atoms with Crippen molar-refractivity contribution in [1.29, 1.82) is 0 Å². The van der Waals surface area contributed by atoms with E-state index in [1.165, 1.54) is 64.2 Å². The van der Waals surface area contributed by atoms with Gasteiger partial charge in [0.15, 0.2) is 0 Å². The Hall–Kier alpha value is -0.600. The maximum atomic E-state index is 5.57. The number of nitrogens with one attached hydrogen (secondary N) is 1. The lowest BCUT2D eigenvalue weighted by atomic mass is 9.93. The summed E-state index contributed by atoms with van der Waals surface area (Å²) in [6, 6.07) is 1.07. The maximum Gasteiger partial charge on any atom is 0.0656 e. The number of morpholine rings is 1. The number of allylic oxidation sites excluding steroid dienone is 1. The SMILES string of the molecule is C=CCCCCCCCCCC1=CC2COCC(C1)N2. The standard InChI is InChI=1S/C18H31NO/c1-2-3-4-5-6-7-8-9-10-11-16-12-17-14-20-15-18(13-16)19-17/h2,12,17-19H,1,3-11,13-15H2. The normalized spacial score (nSPS) is 25.3. The summed E-state index contributed by atoms with van der Waals surface area (Å²) in [5, 5.41) is 3.61. The molecule has 20 heavy (non-hydrogen) atoms. The van der Waals surface area contributed by atoms with E-state index in [0.717, 1.165) is 13.2 Å². The van der Waals surface area contributed by atoms with Crippen molar-refractivity contribution in [2.75, 3.05) is 13.2 Å². The molecule has 0 saturated carbocycles. The molecule has 0 radical (unpaired) electrons. The molecular weight excluding hydrogens is 246 g/mol. The lowest BCUT2D eigenvalue weighted by molar-refractivity contribution is 0.0526. The Morgan fingerprint density at radius 2 is 1.85 bits per heavy atom. The van der Waals surface area contributed by atoms with Gasteiger partial charge in [0.25, 0.3) is 0 Å². The Morgan fingerprint density at radius 3 is 2.60 bits per heavy atom. The topological polar surface area (TPSA) is 21.3 Å². The van der Waals surface area contributed by atoms with Gasteiger partial charge in [-0.25, -0.2) is 0 Å². The molecule has 0 aromatic heterocycles. The molecule has 0 aromatic carbocycles. The Kier molecular flexibility index (Phi) is 7.38. The molecule has 2 rings (SSSR count). The van der Waals surface area contributed by atoms with E-state index in [1.807, 2.05) is 6.08 Å². The van der Waals surface area contributed by atoms with Crippen LogP contribution in [0.3, 0.4) is 0 Å². The molecule has 0 amide bonds. The van der Waals surface area contributed by atoms with Gasteiger partial charge in [-0.2, -0.15) is 0 Å². The molecule has 2 atom stereocenters. The number of fused-ring (bicyclic) bond motifs is 2. The summed E-state index contributed by atoms with van der Waals surface area (Å²) in [7, 11) is 0. The van der Waals surface area contributed by atoms with E-state index in [4.69, 9.17) is 4.74 Å². The molecule has 114 valence electrons. The molecule has 0 aliphatic carbocycles. The average molecular weight is 277 g/mol. The lowest BCUT2D eigenvalue weighted by Crippen LogP contribution is -2.50. The first-order chi connectivity index (χ1) is 9.88. The van der Waals surface area contributed by atoms with Gasteiger partial charge >= 0.3 is 0 Å². The molecule has 1 N–H and O–H groups in total. The van der Waals surface area contributed by atoms with Crippen LogP contribution in [0, 0.1) is 0 Å². The predicted octanol–water partition coefficient (Wildman–Crippen LogP) is 4.37. The van der Waals surface area contributed by atoms with Gasteiger partial charge in [-0.3, -0.25) is 0 Å². The highest BCUT2D eigenvalue weighted by Crippen LogP contribution is 2.23. The van der Waals surface area contributed by atoms with Crippen LogP contribution in [0.4, 0.5) is 0 Å². The first-order valence-electron chi connectivity index (χ1n) is 8.53. The second-order valence-corrected chi connectivity index (χ2v) is 6.34. The molecule has 2 heterocycles. The van der Waals surface area contributed by atoms with Crippen LogP contribution < -0.4 is 5.32 Å². The van der Waals surface area contributed by atoms with Crippen molar-refractivity contribution in [3.63, 3.8) is 0 Å². The zero-order chi connectivity index (χ0) is 14.0. The summed E-state index contributed by atoms with van der Waals surface area (Å²) in [5.41, 5.74) is 1.67. The highest BCUT2D eigenvalue weighted by Gasteiger charge is 2.25. The first-order valence-corrected chi connectivity index (χ1v) is 8.53. The van der Waals surface area contributed by atoms with Crippen LogP contribution in [0.1, 0.15) is 64.2 Å². The minimum atomic E-state index is 0.488. The van der Waals surface area contributed by atoms with Crippen LogP contribution in [0.25, 0.3) is 0 Å². The Labute approximate surface area is 124 Å². The summed E-state index contributed by atoms with van der Waals surface area (Å²) >= 11 is 0. The second-order valence-electron chi connectivity index (χ2n) is 6.34. The minimum absolute atomic E-state index is 0.488. The molecule has 2 bridgehead atoms. The molecule has 2 unspecified atom stereocenters. The van der Waals surface area contributed by atoms with E-state index in [2.05, 4.69) is 18.0 Å². The summed E-state index contributed by atoms with van der Waals surface area (Å²) in [6.07, 6.45) is 17.9. The van der Waals surface area contributed by atoms with Crippen LogP contribution in [0.15, 0.2) is 24.3 Å². The van der Waals surface area contributed by atoms with E-state index in [9.17, 15) is 0 Å². The number of ether oxygens (including phenoxy) is 1. The molecule has 1 fully saturated rings. The molecule has 0 aromatic rings. The van der Waals surface area contributed by atoms with Crippen LogP contribution in [-0.4, -0.2) is 25.3 Å². The summed E-state index contributed by atoms with van der Waals surface area (Å²) < 4.78 is 5.57. The first kappa shape index (κ1) is 15.8. The van der Waals surface area contributed by atoms with Gasteiger partial charge in [-0.05, 0) is 32.1 Å². The zero-order valence-electron chi connectivity index (χ0n) is 12.9. The molecule has 2 aliphatic heterocycles. The number of rotatable bonds is 10. The van der Waals surface area contributed by atoms with Gasteiger partial charge in [-0.15, -0.1) is 6.58 Å². The highest BCUT2D eigenvalue weighted by atomic mass is 16.5. The fraction of sp³-hybridized carbons (Fsp3) is 0.778. The van der Waals surface area contributed by atoms with Gasteiger partial charge in [0, 0.05) is 12.1 Å². The molecule has 2 nitrogen and oxygen atoms in total. The predicted molar refractivity (Wildman–Crippen MR) is 86.0 cm³/mol. The van der Waals surface area contributed by atoms with Crippen LogP contribution in [-0.2, 0) is 4.74 Å². The van der Waals surface area contributed by atoms with Crippen molar-refractivity contribution in [3.05, 3.63) is 24.3 Å². The highest BCUT2D eigenvalue weighted by molar-refractivity contribution is 5.15. The third kappa shape index (κ3) is 5.80. The van der Waals surface area contributed by atoms with Gasteiger partial charge in [0.05, 0.1) is 13.2 Å². The Morgan fingerprint density at radius 1 is 1.10 bits per heavy atom. The lowest BCUT2D eigenvalue weighted by Gasteiger charge is -2.35. The number of hydrogen-bond donors (Lipinski definition) is 1. The van der Waals surface area contributed by atoms with Crippen LogP contribution in [0.5, 0.6) is 0 Å². The summed E-state index contributed by atoms with van der Waals surface area (Å²) in [6.45, 7) is 5.53. The fourth-order valence-electron chi connectivity index (χ4n) is 3.33. The van der Waals surface area contributed by atoms with Crippen molar-refractivity contribution in [2.24, 2.45) is 0 Å². The average Bonchev–Trinajstić information content (AvgIpc) is 2.45.